The Morgan fingerprint density at radius 3 is 2.69 bits per heavy atom. The molecule has 0 aliphatic heterocycles. The minimum Gasteiger partial charge on any atom is -0.480 e. The van der Waals surface area contributed by atoms with Gasteiger partial charge in [0.2, 0.25) is 0 Å². The van der Waals surface area contributed by atoms with Crippen molar-refractivity contribution in [2.75, 3.05) is 5.32 Å². The van der Waals surface area contributed by atoms with E-state index in [9.17, 15) is 19.5 Å². The molecule has 1 unspecified atom stereocenters. The summed E-state index contributed by atoms with van der Waals surface area (Å²) in [6.45, 7) is 8.51. The maximum Gasteiger partial charge on any atom is 0.328 e. The van der Waals surface area contributed by atoms with Gasteiger partial charge in [0.15, 0.2) is 12.3 Å². The summed E-state index contributed by atoms with van der Waals surface area (Å²) in [4.78, 5) is 35.5. The molecule has 1 aromatic rings. The summed E-state index contributed by atoms with van der Waals surface area (Å²) < 4.78 is 0.891. The van der Waals surface area contributed by atoms with Crippen LogP contribution < -0.4 is 10.9 Å². The van der Waals surface area contributed by atoms with Crippen molar-refractivity contribution in [3.05, 3.63) is 22.1 Å². The zero-order valence-electron chi connectivity index (χ0n) is 15.7. The predicted molar refractivity (Wildman–Crippen MR) is 97.4 cm³/mol. The zero-order chi connectivity index (χ0) is 19.2. The first kappa shape index (κ1) is 18.6. The van der Waals surface area contributed by atoms with Crippen LogP contribution in [-0.2, 0) is 4.79 Å². The Kier molecular flexibility index (Phi) is 4.67. The molecular formula is C19H27N3O4. The summed E-state index contributed by atoms with van der Waals surface area (Å²) in [5, 5.41) is 16.6. The highest BCUT2D eigenvalue weighted by atomic mass is 16.4. The normalized spacial score (nSPS) is 30.2. The van der Waals surface area contributed by atoms with Crippen LogP contribution in [0.3, 0.4) is 0 Å². The Hall–Kier alpha value is -2.18. The molecule has 0 saturated heterocycles. The topological polar surface area (TPSA) is 101 Å². The van der Waals surface area contributed by atoms with E-state index in [1.54, 1.807) is 6.92 Å². The fourth-order valence-corrected chi connectivity index (χ4v) is 4.92. The Morgan fingerprint density at radius 2 is 2.19 bits per heavy atom. The Bertz CT molecular complexity index is 785. The first-order chi connectivity index (χ1) is 12.2. The van der Waals surface area contributed by atoms with E-state index in [-0.39, 0.29) is 18.0 Å². The number of hydrogen-bond donors (Lipinski definition) is 2. The quantitative estimate of drug-likeness (QED) is 0.755. The van der Waals surface area contributed by atoms with Gasteiger partial charge in [-0.3, -0.25) is 9.59 Å². The van der Waals surface area contributed by atoms with Crippen molar-refractivity contribution in [3.63, 3.8) is 0 Å². The Morgan fingerprint density at radius 1 is 1.50 bits per heavy atom. The lowest BCUT2D eigenvalue weighted by atomic mass is 9.45. The summed E-state index contributed by atoms with van der Waals surface area (Å²) in [7, 11) is 0. The van der Waals surface area contributed by atoms with Gasteiger partial charge >= 0.3 is 5.97 Å². The van der Waals surface area contributed by atoms with E-state index in [1.165, 1.54) is 12.6 Å². The molecule has 2 bridgehead atoms. The number of aldehydes is 1. The number of carboxylic acids is 1. The van der Waals surface area contributed by atoms with Gasteiger partial charge in [-0.15, -0.1) is 0 Å². The van der Waals surface area contributed by atoms with Gasteiger partial charge < -0.3 is 10.4 Å². The average molecular weight is 361 g/mol. The lowest BCUT2D eigenvalue weighted by Gasteiger charge is -2.62. The molecule has 142 valence electrons. The zero-order valence-corrected chi connectivity index (χ0v) is 15.7. The molecule has 3 aliphatic rings. The second-order valence-corrected chi connectivity index (χ2v) is 8.31. The number of aromatic nitrogens is 2. The number of aliphatic carboxylic acids is 1. The van der Waals surface area contributed by atoms with Crippen molar-refractivity contribution in [1.82, 2.24) is 9.78 Å². The van der Waals surface area contributed by atoms with Gasteiger partial charge in [-0.1, -0.05) is 27.7 Å². The molecule has 0 spiro atoms. The highest BCUT2D eigenvalue weighted by Gasteiger charge is 2.56. The standard InChI is InChI=1S/C19H27N3O4/c1-5-16(18(25)26)22-17(24)12(9-23)15(8-20-22)21-14-7-11-6-13(10(14)2)19(11,3)4/h8-11,13-14,16,21H,5-7H2,1-4H3,(H,25,26)/t10-,11+,13-,14-,16?/m1/s1. The van der Waals surface area contributed by atoms with Gasteiger partial charge in [-0.2, -0.15) is 5.10 Å². The smallest absolute Gasteiger partial charge is 0.328 e. The summed E-state index contributed by atoms with van der Waals surface area (Å²) in [5.41, 5.74) is 0.0406. The Balaban J connectivity index is 1.88. The number of nitrogens with zero attached hydrogens (tertiary/aromatic N) is 2. The van der Waals surface area contributed by atoms with Crippen molar-refractivity contribution in [2.24, 2.45) is 23.2 Å². The molecule has 0 radical (unpaired) electrons. The van der Waals surface area contributed by atoms with Gasteiger partial charge in [0, 0.05) is 6.04 Å². The van der Waals surface area contributed by atoms with Gasteiger partial charge in [-0.25, -0.2) is 9.48 Å². The van der Waals surface area contributed by atoms with Gasteiger partial charge in [0.05, 0.1) is 11.9 Å². The minimum absolute atomic E-state index is 0.0505. The molecule has 1 aromatic heterocycles. The van der Waals surface area contributed by atoms with Crippen LogP contribution in [0.2, 0.25) is 0 Å². The number of carbonyl (C=O) groups excluding carboxylic acids is 1. The first-order valence-electron chi connectivity index (χ1n) is 9.28. The molecular weight excluding hydrogens is 334 g/mol. The summed E-state index contributed by atoms with van der Waals surface area (Å²) in [6, 6.07) is -0.888. The van der Waals surface area contributed by atoms with E-state index in [0.717, 1.165) is 11.1 Å². The summed E-state index contributed by atoms with van der Waals surface area (Å²) in [6.07, 6.45) is 4.36. The van der Waals surface area contributed by atoms with E-state index >= 15 is 0 Å². The molecule has 7 heteroatoms. The second-order valence-electron chi connectivity index (χ2n) is 8.31. The van der Waals surface area contributed by atoms with Crippen LogP contribution in [-0.4, -0.2) is 33.2 Å². The van der Waals surface area contributed by atoms with Crippen molar-refractivity contribution in [2.45, 2.75) is 59.0 Å². The predicted octanol–water partition coefficient (Wildman–Crippen LogP) is 2.57. The van der Waals surface area contributed by atoms with Crippen molar-refractivity contribution < 1.29 is 14.7 Å². The van der Waals surface area contributed by atoms with Gasteiger partial charge in [0.25, 0.3) is 5.56 Å². The van der Waals surface area contributed by atoms with Gasteiger partial charge in [-0.05, 0) is 42.4 Å². The van der Waals surface area contributed by atoms with Crippen molar-refractivity contribution in [3.8, 4) is 0 Å². The third kappa shape index (κ3) is 2.73. The number of anilines is 1. The maximum atomic E-state index is 12.6. The van der Waals surface area contributed by atoms with E-state index in [4.69, 9.17) is 0 Å². The van der Waals surface area contributed by atoms with Crippen LogP contribution in [0.1, 0.15) is 63.4 Å². The van der Waals surface area contributed by atoms with Crippen LogP contribution in [0.15, 0.2) is 11.0 Å². The molecule has 26 heavy (non-hydrogen) atoms. The lowest BCUT2D eigenvalue weighted by Crippen LogP contribution is -2.58. The van der Waals surface area contributed by atoms with Crippen molar-refractivity contribution >= 4 is 17.9 Å². The molecule has 2 N–H and O–H groups in total. The molecule has 7 nitrogen and oxygen atoms in total. The van der Waals surface area contributed by atoms with Crippen LogP contribution >= 0.6 is 0 Å². The number of fused-ring (bicyclic) bond motifs is 2. The molecule has 1 heterocycles. The van der Waals surface area contributed by atoms with E-state index in [2.05, 4.69) is 31.2 Å². The first-order valence-corrected chi connectivity index (χ1v) is 9.28. The lowest BCUT2D eigenvalue weighted by molar-refractivity contribution is -0.141. The number of hydrogen-bond acceptors (Lipinski definition) is 5. The number of carboxylic acid groups (broad SMARTS) is 1. The second kappa shape index (κ2) is 6.52. The highest BCUT2D eigenvalue weighted by molar-refractivity contribution is 5.83. The molecule has 3 aliphatic carbocycles. The van der Waals surface area contributed by atoms with Crippen LogP contribution in [0.25, 0.3) is 0 Å². The SMILES string of the molecule is CCC(C(=O)O)n1ncc(N[C@@H]2C[C@@H]3C[C@H]([C@H]2C)C3(C)C)c(C=O)c1=O. The largest absolute Gasteiger partial charge is 0.480 e. The van der Waals surface area contributed by atoms with E-state index < -0.39 is 17.6 Å². The monoisotopic (exact) mass is 361 g/mol. The fraction of sp³-hybridized carbons (Fsp3) is 0.684. The average Bonchev–Trinajstić information content (AvgIpc) is 2.58. The number of rotatable bonds is 6. The third-order valence-corrected chi connectivity index (χ3v) is 6.82. The summed E-state index contributed by atoms with van der Waals surface area (Å²) in [5.74, 6) is 0.566. The van der Waals surface area contributed by atoms with Crippen molar-refractivity contribution in [1.29, 1.82) is 0 Å². The third-order valence-electron chi connectivity index (χ3n) is 6.82. The van der Waals surface area contributed by atoms with E-state index in [1.807, 2.05) is 0 Å². The number of nitrogens with one attached hydrogen (secondary N) is 1. The molecule has 3 fully saturated rings. The maximum absolute atomic E-state index is 12.6. The molecule has 0 amide bonds. The summed E-state index contributed by atoms with van der Waals surface area (Å²) >= 11 is 0. The molecule has 3 saturated carbocycles. The highest BCUT2D eigenvalue weighted by Crippen LogP contribution is 2.61. The van der Waals surface area contributed by atoms with Gasteiger partial charge in [0.1, 0.15) is 5.56 Å². The molecule has 4 rings (SSSR count). The number of carbonyl (C=O) groups is 2. The Labute approximate surface area is 152 Å². The molecule has 5 atom stereocenters. The fourth-order valence-electron chi connectivity index (χ4n) is 4.92. The minimum atomic E-state index is -1.14. The van der Waals surface area contributed by atoms with Crippen LogP contribution in [0, 0.1) is 23.2 Å². The van der Waals surface area contributed by atoms with Crippen LogP contribution in [0.4, 0.5) is 5.69 Å². The van der Waals surface area contributed by atoms with Crippen LogP contribution in [0.5, 0.6) is 0 Å². The van der Waals surface area contributed by atoms with E-state index in [0.29, 0.717) is 35.1 Å². The molecule has 0 aromatic carbocycles.